The molecule has 0 aromatic heterocycles. The predicted molar refractivity (Wildman–Crippen MR) is 80.6 cm³/mol. The lowest BCUT2D eigenvalue weighted by Gasteiger charge is -2.22. The summed E-state index contributed by atoms with van der Waals surface area (Å²) in [5, 5.41) is 3.56. The van der Waals surface area contributed by atoms with Crippen molar-refractivity contribution in [1.82, 2.24) is 5.32 Å². The van der Waals surface area contributed by atoms with E-state index in [1.54, 1.807) is 7.11 Å². The summed E-state index contributed by atoms with van der Waals surface area (Å²) in [6.45, 7) is 1.65. The third-order valence-corrected chi connectivity index (χ3v) is 3.47. The predicted octanol–water partition coefficient (Wildman–Crippen LogP) is 3.42. The van der Waals surface area contributed by atoms with Crippen molar-refractivity contribution in [2.24, 2.45) is 0 Å². The number of hydrogen-bond donors (Lipinski definition) is 1. The second-order valence-corrected chi connectivity index (χ2v) is 4.81. The highest BCUT2D eigenvalue weighted by Gasteiger charge is 2.11. The van der Waals surface area contributed by atoms with E-state index in [1.807, 2.05) is 24.3 Å². The number of hydrogen-bond acceptors (Lipinski definition) is 3. The molecule has 3 nitrogen and oxygen atoms in total. The summed E-state index contributed by atoms with van der Waals surface area (Å²) in [4.78, 5) is 0. The van der Waals surface area contributed by atoms with Gasteiger partial charge < -0.3 is 14.8 Å². The molecule has 108 valence electrons. The van der Waals surface area contributed by atoms with E-state index < -0.39 is 0 Å². The molecule has 19 heavy (non-hydrogen) atoms. The quantitative estimate of drug-likeness (QED) is 0.813. The highest BCUT2D eigenvalue weighted by Crippen LogP contribution is 2.18. The summed E-state index contributed by atoms with van der Waals surface area (Å²) in [5.74, 6) is 1.77. The maximum atomic E-state index is 5.68. The summed E-state index contributed by atoms with van der Waals surface area (Å²) >= 11 is 0. The number of halogens is 1. The summed E-state index contributed by atoms with van der Waals surface area (Å²) in [6, 6.07) is 8.44. The van der Waals surface area contributed by atoms with E-state index in [0.29, 0.717) is 6.04 Å². The van der Waals surface area contributed by atoms with Crippen molar-refractivity contribution in [2.75, 3.05) is 20.3 Å². The first-order valence-electron chi connectivity index (χ1n) is 6.89. The summed E-state index contributed by atoms with van der Waals surface area (Å²) in [7, 11) is 1.67. The van der Waals surface area contributed by atoms with Crippen LogP contribution in [-0.2, 0) is 0 Å². The number of methoxy groups -OCH3 is 1. The van der Waals surface area contributed by atoms with Crippen LogP contribution in [0.5, 0.6) is 11.5 Å². The van der Waals surface area contributed by atoms with Gasteiger partial charge in [0.15, 0.2) is 0 Å². The molecule has 1 aliphatic rings. The van der Waals surface area contributed by atoms with Gasteiger partial charge in [-0.05, 0) is 37.1 Å². The minimum atomic E-state index is 0. The van der Waals surface area contributed by atoms with Crippen LogP contribution in [0.25, 0.3) is 0 Å². The van der Waals surface area contributed by atoms with Crippen LogP contribution in [0.4, 0.5) is 0 Å². The number of benzene rings is 1. The van der Waals surface area contributed by atoms with Gasteiger partial charge in [-0.25, -0.2) is 0 Å². The summed E-state index contributed by atoms with van der Waals surface area (Å²) < 4.78 is 10.8. The first-order chi connectivity index (χ1) is 8.88. The molecule has 0 bridgehead atoms. The van der Waals surface area contributed by atoms with Crippen molar-refractivity contribution in [3.05, 3.63) is 24.3 Å². The second kappa shape index (κ2) is 9.05. The fraction of sp³-hybridized carbons (Fsp3) is 0.600. The Hall–Kier alpha value is -0.930. The molecular weight excluding hydrogens is 262 g/mol. The Morgan fingerprint density at radius 3 is 2.32 bits per heavy atom. The normalized spacial score (nSPS) is 15.6. The number of ether oxygens (including phenoxy) is 2. The van der Waals surface area contributed by atoms with Gasteiger partial charge in [0, 0.05) is 12.6 Å². The Morgan fingerprint density at radius 2 is 1.68 bits per heavy atom. The van der Waals surface area contributed by atoms with Crippen molar-refractivity contribution in [3.63, 3.8) is 0 Å². The van der Waals surface area contributed by atoms with E-state index in [-0.39, 0.29) is 12.4 Å². The lowest BCUT2D eigenvalue weighted by molar-refractivity contribution is 0.289. The molecule has 1 aliphatic carbocycles. The molecule has 0 saturated heterocycles. The molecule has 1 fully saturated rings. The highest BCUT2D eigenvalue weighted by molar-refractivity contribution is 5.85. The summed E-state index contributed by atoms with van der Waals surface area (Å²) in [6.07, 6.45) is 6.79. The van der Waals surface area contributed by atoms with Crippen molar-refractivity contribution in [1.29, 1.82) is 0 Å². The smallest absolute Gasteiger partial charge is 0.119 e. The topological polar surface area (TPSA) is 30.5 Å². The molecule has 2 rings (SSSR count). The molecule has 0 unspecified atom stereocenters. The molecule has 0 amide bonds. The SMILES string of the molecule is COc1ccc(OCCNC2CCCCC2)cc1.Cl. The lowest BCUT2D eigenvalue weighted by Crippen LogP contribution is -2.34. The highest BCUT2D eigenvalue weighted by atomic mass is 35.5. The second-order valence-electron chi connectivity index (χ2n) is 4.81. The van der Waals surface area contributed by atoms with Crippen molar-refractivity contribution < 1.29 is 9.47 Å². The van der Waals surface area contributed by atoms with Crippen LogP contribution in [-0.4, -0.2) is 26.3 Å². The van der Waals surface area contributed by atoms with Crippen LogP contribution in [0, 0.1) is 0 Å². The van der Waals surface area contributed by atoms with Crippen LogP contribution >= 0.6 is 12.4 Å². The maximum absolute atomic E-state index is 5.68. The van der Waals surface area contributed by atoms with Gasteiger partial charge in [0.1, 0.15) is 18.1 Å². The van der Waals surface area contributed by atoms with Gasteiger partial charge in [-0.3, -0.25) is 0 Å². The summed E-state index contributed by atoms with van der Waals surface area (Å²) in [5.41, 5.74) is 0. The Balaban J connectivity index is 0.00000180. The standard InChI is InChI=1S/C15H23NO2.ClH/c1-17-14-7-9-15(10-8-14)18-12-11-16-13-5-3-2-4-6-13;/h7-10,13,16H,2-6,11-12H2,1H3;1H. The van der Waals surface area contributed by atoms with E-state index in [0.717, 1.165) is 24.7 Å². The largest absolute Gasteiger partial charge is 0.497 e. The number of rotatable bonds is 6. The fourth-order valence-electron chi connectivity index (χ4n) is 2.41. The zero-order valence-corrected chi connectivity index (χ0v) is 12.4. The molecule has 0 atom stereocenters. The number of nitrogens with one attached hydrogen (secondary N) is 1. The minimum absolute atomic E-state index is 0. The van der Waals surface area contributed by atoms with Gasteiger partial charge in [-0.2, -0.15) is 0 Å². The lowest BCUT2D eigenvalue weighted by atomic mass is 9.96. The van der Waals surface area contributed by atoms with Crippen LogP contribution < -0.4 is 14.8 Å². The molecule has 1 saturated carbocycles. The average molecular weight is 286 g/mol. The van der Waals surface area contributed by atoms with Gasteiger partial charge >= 0.3 is 0 Å². The Bertz CT molecular complexity index is 337. The first kappa shape index (κ1) is 16.1. The molecule has 1 aromatic rings. The van der Waals surface area contributed by atoms with Crippen molar-refractivity contribution >= 4 is 12.4 Å². The van der Waals surface area contributed by atoms with Gasteiger partial charge in [-0.15, -0.1) is 12.4 Å². The first-order valence-corrected chi connectivity index (χ1v) is 6.89. The Morgan fingerprint density at radius 1 is 1.05 bits per heavy atom. The molecule has 0 aliphatic heterocycles. The molecule has 4 heteroatoms. The maximum Gasteiger partial charge on any atom is 0.119 e. The molecule has 1 N–H and O–H groups in total. The van der Waals surface area contributed by atoms with Crippen LogP contribution in [0.1, 0.15) is 32.1 Å². The van der Waals surface area contributed by atoms with Crippen LogP contribution in [0.15, 0.2) is 24.3 Å². The van der Waals surface area contributed by atoms with E-state index in [2.05, 4.69) is 5.32 Å². The molecular formula is C15H24ClNO2. The monoisotopic (exact) mass is 285 g/mol. The molecule has 1 aromatic carbocycles. The Labute approximate surface area is 122 Å². The average Bonchev–Trinajstić information content (AvgIpc) is 2.45. The van der Waals surface area contributed by atoms with E-state index in [9.17, 15) is 0 Å². The van der Waals surface area contributed by atoms with E-state index in [4.69, 9.17) is 9.47 Å². The molecule has 0 radical (unpaired) electrons. The van der Waals surface area contributed by atoms with Crippen LogP contribution in [0.3, 0.4) is 0 Å². The van der Waals surface area contributed by atoms with E-state index in [1.165, 1.54) is 32.1 Å². The van der Waals surface area contributed by atoms with Gasteiger partial charge in [-0.1, -0.05) is 19.3 Å². The minimum Gasteiger partial charge on any atom is -0.497 e. The van der Waals surface area contributed by atoms with Gasteiger partial charge in [0.25, 0.3) is 0 Å². The molecule has 0 heterocycles. The zero-order chi connectivity index (χ0) is 12.6. The third kappa shape index (κ3) is 5.70. The third-order valence-electron chi connectivity index (χ3n) is 3.47. The van der Waals surface area contributed by atoms with Crippen molar-refractivity contribution in [3.8, 4) is 11.5 Å². The fourth-order valence-corrected chi connectivity index (χ4v) is 2.41. The van der Waals surface area contributed by atoms with Crippen molar-refractivity contribution in [2.45, 2.75) is 38.1 Å². The van der Waals surface area contributed by atoms with E-state index >= 15 is 0 Å². The zero-order valence-electron chi connectivity index (χ0n) is 11.6. The van der Waals surface area contributed by atoms with Gasteiger partial charge in [0.05, 0.1) is 7.11 Å². The van der Waals surface area contributed by atoms with Gasteiger partial charge in [0.2, 0.25) is 0 Å². The Kier molecular flexibility index (Phi) is 7.68. The van der Waals surface area contributed by atoms with Crippen LogP contribution in [0.2, 0.25) is 0 Å². The molecule has 0 spiro atoms.